The third-order valence-corrected chi connectivity index (χ3v) is 1.35. The highest BCUT2D eigenvalue weighted by Gasteiger charge is 2.36. The maximum absolute atomic E-state index is 9.18. The average Bonchev–Trinajstić information content (AvgIpc) is 1.59. The quantitative estimate of drug-likeness (QED) is 0.371. The minimum absolute atomic E-state index is 1.07. The molecule has 0 aromatic rings. The summed E-state index contributed by atoms with van der Waals surface area (Å²) in [6.45, 7) is 3.97. The molecule has 0 aliphatic heterocycles. The van der Waals surface area contributed by atoms with Crippen LogP contribution < -0.4 is 5.73 Å². The highest BCUT2D eigenvalue weighted by Crippen LogP contribution is 2.15. The molecule has 0 saturated heterocycles. The van der Waals surface area contributed by atoms with E-state index in [2.05, 4.69) is 0 Å². The summed E-state index contributed by atoms with van der Waals surface area (Å²) in [6, 6.07) is -1.07. The van der Waals surface area contributed by atoms with Crippen LogP contribution in [0, 0.1) is 0 Å². The summed E-state index contributed by atoms with van der Waals surface area (Å²) in [5.41, 5.74) is 4.00. The molecule has 0 aliphatic rings. The Kier molecular flexibility index (Phi) is 2.43. The van der Waals surface area contributed by atoms with Crippen molar-refractivity contribution in [1.29, 1.82) is 0 Å². The van der Waals surface area contributed by atoms with Crippen LogP contribution in [-0.2, 0) is 0 Å². The summed E-state index contributed by atoms with van der Waals surface area (Å²) >= 11 is 0. The Morgan fingerprint density at radius 2 is 1.40 bits per heavy atom. The maximum Gasteiger partial charge on any atom is 0.178 e. The van der Waals surface area contributed by atoms with Gasteiger partial charge in [-0.2, -0.15) is 0 Å². The maximum atomic E-state index is 9.18. The van der Waals surface area contributed by atoms with E-state index in [0.717, 1.165) is 6.92 Å². The van der Waals surface area contributed by atoms with Crippen molar-refractivity contribution in [3.8, 4) is 0 Å². The van der Waals surface area contributed by atoms with Gasteiger partial charge in [0.25, 0.3) is 0 Å². The standard InChI is InChI=1S/C6H15NO3/c1-5(2,8)4(7)6(3,9)10/h4,8-10H,7H2,1-3H3. The monoisotopic (exact) mass is 149 g/mol. The Morgan fingerprint density at radius 3 is 1.40 bits per heavy atom. The van der Waals surface area contributed by atoms with Crippen molar-refractivity contribution in [2.24, 2.45) is 5.73 Å². The molecule has 0 fully saturated rings. The van der Waals surface area contributed by atoms with E-state index in [0.29, 0.717) is 0 Å². The fraction of sp³-hybridized carbons (Fsp3) is 1.00. The van der Waals surface area contributed by atoms with Crippen LogP contribution in [0.3, 0.4) is 0 Å². The smallest absolute Gasteiger partial charge is 0.178 e. The van der Waals surface area contributed by atoms with E-state index in [1.807, 2.05) is 0 Å². The number of hydrogen-bond acceptors (Lipinski definition) is 4. The van der Waals surface area contributed by atoms with E-state index < -0.39 is 17.4 Å². The van der Waals surface area contributed by atoms with E-state index in [4.69, 9.17) is 15.9 Å². The third-order valence-electron chi connectivity index (χ3n) is 1.35. The normalized spacial score (nSPS) is 17.1. The summed E-state index contributed by atoms with van der Waals surface area (Å²) in [5, 5.41) is 27.0. The van der Waals surface area contributed by atoms with Crippen molar-refractivity contribution in [3.63, 3.8) is 0 Å². The second-order valence-corrected chi connectivity index (χ2v) is 3.23. The van der Waals surface area contributed by atoms with Gasteiger partial charge >= 0.3 is 0 Å². The molecule has 5 N–H and O–H groups in total. The average molecular weight is 149 g/mol. The van der Waals surface area contributed by atoms with Crippen LogP contribution in [0.5, 0.6) is 0 Å². The molecule has 0 aliphatic carbocycles. The topological polar surface area (TPSA) is 86.7 Å². The molecule has 0 spiro atoms. The molecular formula is C6H15NO3. The van der Waals surface area contributed by atoms with Crippen molar-refractivity contribution >= 4 is 0 Å². The zero-order chi connectivity index (χ0) is 8.58. The van der Waals surface area contributed by atoms with Gasteiger partial charge in [0.1, 0.15) is 0 Å². The van der Waals surface area contributed by atoms with E-state index in [1.165, 1.54) is 13.8 Å². The predicted molar refractivity (Wildman–Crippen MR) is 37.1 cm³/mol. The first-order valence-corrected chi connectivity index (χ1v) is 3.08. The van der Waals surface area contributed by atoms with Crippen LogP contribution in [0.1, 0.15) is 20.8 Å². The van der Waals surface area contributed by atoms with Gasteiger partial charge in [-0.1, -0.05) is 0 Å². The molecular weight excluding hydrogens is 134 g/mol. The van der Waals surface area contributed by atoms with Gasteiger partial charge in [-0.15, -0.1) is 0 Å². The molecule has 1 unspecified atom stereocenters. The summed E-state index contributed by atoms with van der Waals surface area (Å²) in [4.78, 5) is 0. The van der Waals surface area contributed by atoms with Crippen LogP contribution in [-0.4, -0.2) is 32.7 Å². The van der Waals surface area contributed by atoms with Gasteiger partial charge in [-0.05, 0) is 20.8 Å². The summed E-state index contributed by atoms with van der Waals surface area (Å²) < 4.78 is 0. The summed E-state index contributed by atoms with van der Waals surface area (Å²) in [5.74, 6) is -2.03. The second-order valence-electron chi connectivity index (χ2n) is 3.23. The van der Waals surface area contributed by atoms with Crippen molar-refractivity contribution in [1.82, 2.24) is 0 Å². The molecule has 1 atom stereocenters. The highest BCUT2D eigenvalue weighted by molar-refractivity contribution is 4.88. The Hall–Kier alpha value is -0.160. The van der Waals surface area contributed by atoms with E-state index >= 15 is 0 Å². The van der Waals surface area contributed by atoms with Crippen molar-refractivity contribution in [2.75, 3.05) is 0 Å². The number of rotatable bonds is 2. The molecule has 62 valence electrons. The van der Waals surface area contributed by atoms with Crippen LogP contribution in [0.2, 0.25) is 0 Å². The van der Waals surface area contributed by atoms with Crippen LogP contribution in [0.15, 0.2) is 0 Å². The predicted octanol–water partition coefficient (Wildman–Crippen LogP) is -1.21. The molecule has 0 rings (SSSR count). The Morgan fingerprint density at radius 1 is 1.10 bits per heavy atom. The lowest BCUT2D eigenvalue weighted by molar-refractivity contribution is -0.193. The van der Waals surface area contributed by atoms with E-state index in [-0.39, 0.29) is 0 Å². The van der Waals surface area contributed by atoms with Gasteiger partial charge in [0.15, 0.2) is 5.79 Å². The molecule has 0 amide bonds. The largest absolute Gasteiger partial charge is 0.389 e. The molecule has 0 bridgehead atoms. The van der Waals surface area contributed by atoms with Crippen molar-refractivity contribution in [2.45, 2.75) is 38.2 Å². The zero-order valence-electron chi connectivity index (χ0n) is 6.50. The van der Waals surface area contributed by atoms with Gasteiger partial charge in [-0.3, -0.25) is 0 Å². The van der Waals surface area contributed by atoms with Gasteiger partial charge in [0, 0.05) is 0 Å². The SMILES string of the molecule is CC(C)(O)C(N)C(C)(O)O. The third kappa shape index (κ3) is 2.62. The van der Waals surface area contributed by atoms with E-state index in [9.17, 15) is 5.11 Å². The fourth-order valence-electron chi connectivity index (χ4n) is 0.669. The van der Waals surface area contributed by atoms with Crippen molar-refractivity contribution < 1.29 is 15.3 Å². The molecule has 0 aromatic heterocycles. The lowest BCUT2D eigenvalue weighted by Gasteiger charge is -2.33. The lowest BCUT2D eigenvalue weighted by atomic mass is 9.93. The minimum Gasteiger partial charge on any atom is -0.389 e. The van der Waals surface area contributed by atoms with Crippen LogP contribution in [0.25, 0.3) is 0 Å². The van der Waals surface area contributed by atoms with Crippen LogP contribution >= 0.6 is 0 Å². The first kappa shape index (κ1) is 9.84. The molecule has 0 heterocycles. The Labute approximate surface area is 60.3 Å². The molecule has 0 aromatic carbocycles. The minimum atomic E-state index is -2.03. The first-order valence-electron chi connectivity index (χ1n) is 3.08. The van der Waals surface area contributed by atoms with Gasteiger partial charge in [0.2, 0.25) is 0 Å². The summed E-state index contributed by atoms with van der Waals surface area (Å²) in [7, 11) is 0. The van der Waals surface area contributed by atoms with Crippen molar-refractivity contribution in [3.05, 3.63) is 0 Å². The van der Waals surface area contributed by atoms with E-state index in [1.54, 1.807) is 0 Å². The highest BCUT2D eigenvalue weighted by atomic mass is 16.5. The van der Waals surface area contributed by atoms with Gasteiger partial charge < -0.3 is 21.1 Å². The fourth-order valence-corrected chi connectivity index (χ4v) is 0.669. The van der Waals surface area contributed by atoms with Crippen LogP contribution in [0.4, 0.5) is 0 Å². The number of aliphatic hydroxyl groups is 3. The number of nitrogens with two attached hydrogens (primary N) is 1. The molecule has 10 heavy (non-hydrogen) atoms. The molecule has 4 heteroatoms. The lowest BCUT2D eigenvalue weighted by Crippen LogP contribution is -2.57. The molecule has 4 nitrogen and oxygen atoms in total. The second kappa shape index (κ2) is 2.47. The molecule has 0 saturated carbocycles. The summed E-state index contributed by atoms with van der Waals surface area (Å²) in [6.07, 6.45) is 0. The zero-order valence-corrected chi connectivity index (χ0v) is 6.50. The Balaban J connectivity index is 4.23. The number of hydrogen-bond donors (Lipinski definition) is 4. The molecule has 0 radical (unpaired) electrons. The van der Waals surface area contributed by atoms with Gasteiger partial charge in [-0.25, -0.2) is 0 Å². The first-order chi connectivity index (χ1) is 4.15. The van der Waals surface area contributed by atoms with Gasteiger partial charge in [0.05, 0.1) is 11.6 Å². The Bertz CT molecular complexity index is 97.1.